The maximum Gasteiger partial charge on any atom is 0.240 e. The van der Waals surface area contributed by atoms with E-state index in [4.69, 9.17) is 11.0 Å². The minimum Gasteiger partial charge on any atom is -0.325 e. The fourth-order valence-electron chi connectivity index (χ4n) is 2.42. The van der Waals surface area contributed by atoms with Gasteiger partial charge < -0.3 is 10.6 Å². The second-order valence-corrected chi connectivity index (χ2v) is 4.99. The van der Waals surface area contributed by atoms with E-state index in [2.05, 4.69) is 0 Å². The largest absolute Gasteiger partial charge is 0.325 e. The molecule has 1 amide bonds. The Morgan fingerprint density at radius 1 is 1.38 bits per heavy atom. The third-order valence-corrected chi connectivity index (χ3v) is 3.53. The molecule has 0 aromatic heterocycles. The number of nitriles is 1. The molecule has 21 heavy (non-hydrogen) atoms. The van der Waals surface area contributed by atoms with Crippen molar-refractivity contribution in [1.29, 1.82) is 5.26 Å². The Morgan fingerprint density at radius 2 is 2.05 bits per heavy atom. The minimum atomic E-state index is -1.29. The molecule has 1 heterocycles. The van der Waals surface area contributed by atoms with Crippen molar-refractivity contribution in [1.82, 2.24) is 4.90 Å². The van der Waals surface area contributed by atoms with Gasteiger partial charge in [0.05, 0.1) is 12.1 Å². The fourth-order valence-corrected chi connectivity index (χ4v) is 2.42. The van der Waals surface area contributed by atoms with E-state index in [1.807, 2.05) is 6.07 Å². The Kier molecular flexibility index (Phi) is 4.48. The molecule has 2 atom stereocenters. The molecule has 4 nitrogen and oxygen atoms in total. The molecule has 0 bridgehead atoms. The second-order valence-electron chi connectivity index (χ2n) is 4.99. The van der Waals surface area contributed by atoms with E-state index in [9.17, 15) is 18.0 Å². The average molecular weight is 297 g/mol. The number of carbonyl (C=O) groups excluding carboxylic acids is 1. The summed E-state index contributed by atoms with van der Waals surface area (Å²) in [5.74, 6) is -3.92. The summed E-state index contributed by atoms with van der Waals surface area (Å²) in [6.45, 7) is 0.422. The maximum absolute atomic E-state index is 13.5. The first-order valence-corrected chi connectivity index (χ1v) is 6.53. The number of amides is 1. The summed E-state index contributed by atoms with van der Waals surface area (Å²) >= 11 is 0. The first kappa shape index (κ1) is 15.3. The van der Waals surface area contributed by atoms with Crippen LogP contribution < -0.4 is 5.73 Å². The highest BCUT2D eigenvalue weighted by Crippen LogP contribution is 2.19. The smallest absolute Gasteiger partial charge is 0.240 e. The van der Waals surface area contributed by atoms with Crippen LogP contribution in [0.25, 0.3) is 0 Å². The number of carbonyl (C=O) groups is 1. The zero-order valence-corrected chi connectivity index (χ0v) is 11.2. The van der Waals surface area contributed by atoms with Gasteiger partial charge in [0, 0.05) is 12.6 Å². The van der Waals surface area contributed by atoms with Gasteiger partial charge in [0.2, 0.25) is 5.91 Å². The Bertz CT molecular complexity index is 600. The zero-order valence-electron chi connectivity index (χ0n) is 11.2. The molecule has 0 saturated carbocycles. The Balaban J connectivity index is 2.11. The molecule has 112 valence electrons. The van der Waals surface area contributed by atoms with Crippen LogP contribution in [0.1, 0.15) is 18.4 Å². The Labute approximate surface area is 119 Å². The number of hydrogen-bond donors (Lipinski definition) is 1. The maximum atomic E-state index is 13.5. The molecule has 1 aromatic carbocycles. The van der Waals surface area contributed by atoms with Crippen LogP contribution in [-0.4, -0.2) is 29.4 Å². The fraction of sp³-hybridized carbons (Fsp3) is 0.429. The molecule has 1 aliphatic rings. The summed E-state index contributed by atoms with van der Waals surface area (Å²) in [4.78, 5) is 13.5. The van der Waals surface area contributed by atoms with E-state index >= 15 is 0 Å². The van der Waals surface area contributed by atoms with E-state index in [1.165, 1.54) is 4.90 Å². The van der Waals surface area contributed by atoms with Gasteiger partial charge in [0.25, 0.3) is 0 Å². The van der Waals surface area contributed by atoms with Crippen molar-refractivity contribution in [3.63, 3.8) is 0 Å². The van der Waals surface area contributed by atoms with E-state index in [0.717, 1.165) is 0 Å². The molecule has 7 heteroatoms. The number of rotatable bonds is 3. The summed E-state index contributed by atoms with van der Waals surface area (Å²) in [5, 5.41) is 8.93. The number of nitrogens with zero attached hydrogens (tertiary/aromatic N) is 2. The van der Waals surface area contributed by atoms with E-state index in [1.54, 1.807) is 0 Å². The first-order chi connectivity index (χ1) is 9.93. The second kappa shape index (κ2) is 6.14. The molecule has 2 N–H and O–H groups in total. The molecule has 1 saturated heterocycles. The van der Waals surface area contributed by atoms with Gasteiger partial charge in [0.15, 0.2) is 11.6 Å². The van der Waals surface area contributed by atoms with Crippen LogP contribution in [0.15, 0.2) is 12.1 Å². The zero-order chi connectivity index (χ0) is 15.6. The van der Waals surface area contributed by atoms with Gasteiger partial charge >= 0.3 is 0 Å². The van der Waals surface area contributed by atoms with Crippen molar-refractivity contribution in [3.8, 4) is 6.07 Å². The number of benzene rings is 1. The SMILES string of the molecule is N#C[C@@H]1CCCN1C(=O)[C@@H](N)Cc1cc(F)c(F)cc1F. The lowest BCUT2D eigenvalue weighted by Gasteiger charge is -2.23. The van der Waals surface area contributed by atoms with Crippen LogP contribution >= 0.6 is 0 Å². The first-order valence-electron chi connectivity index (χ1n) is 6.53. The Morgan fingerprint density at radius 3 is 2.71 bits per heavy atom. The predicted molar refractivity (Wildman–Crippen MR) is 68.3 cm³/mol. The highest BCUT2D eigenvalue weighted by atomic mass is 19.2. The van der Waals surface area contributed by atoms with Gasteiger partial charge in [-0.05, 0) is 30.9 Å². The van der Waals surface area contributed by atoms with Crippen LogP contribution in [0.5, 0.6) is 0 Å². The van der Waals surface area contributed by atoms with E-state index < -0.39 is 35.4 Å². The molecule has 0 aliphatic carbocycles. The summed E-state index contributed by atoms with van der Waals surface area (Å²) in [5.41, 5.74) is 5.56. The molecular weight excluding hydrogens is 283 g/mol. The summed E-state index contributed by atoms with van der Waals surface area (Å²) in [6.07, 6.45) is 1.03. The van der Waals surface area contributed by atoms with Crippen molar-refractivity contribution >= 4 is 5.91 Å². The van der Waals surface area contributed by atoms with Crippen LogP contribution in [-0.2, 0) is 11.2 Å². The highest BCUT2D eigenvalue weighted by Gasteiger charge is 2.32. The van der Waals surface area contributed by atoms with Gasteiger partial charge in [-0.2, -0.15) is 5.26 Å². The predicted octanol–water partition coefficient (Wildman–Crippen LogP) is 1.49. The monoisotopic (exact) mass is 297 g/mol. The minimum absolute atomic E-state index is 0.164. The van der Waals surface area contributed by atoms with Gasteiger partial charge in [-0.15, -0.1) is 0 Å². The number of nitrogens with two attached hydrogens (primary N) is 1. The molecule has 2 rings (SSSR count). The molecule has 0 unspecified atom stereocenters. The Hall–Kier alpha value is -2.07. The van der Waals surface area contributed by atoms with Gasteiger partial charge in [0.1, 0.15) is 11.9 Å². The van der Waals surface area contributed by atoms with Crippen LogP contribution in [0, 0.1) is 28.8 Å². The summed E-state index contributed by atoms with van der Waals surface area (Å²) < 4.78 is 39.5. The van der Waals surface area contributed by atoms with Gasteiger partial charge in [-0.25, -0.2) is 13.2 Å². The van der Waals surface area contributed by atoms with Crippen molar-refractivity contribution in [2.75, 3.05) is 6.54 Å². The van der Waals surface area contributed by atoms with E-state index in [-0.39, 0.29) is 12.0 Å². The van der Waals surface area contributed by atoms with E-state index in [0.29, 0.717) is 31.5 Å². The van der Waals surface area contributed by atoms with Crippen LogP contribution in [0.4, 0.5) is 13.2 Å². The normalized spacial score (nSPS) is 19.4. The molecular formula is C14H14F3N3O. The van der Waals surface area contributed by atoms with Crippen molar-refractivity contribution in [2.45, 2.75) is 31.3 Å². The third-order valence-electron chi connectivity index (χ3n) is 3.53. The molecule has 0 spiro atoms. The van der Waals surface area contributed by atoms with Gasteiger partial charge in [-0.3, -0.25) is 4.79 Å². The van der Waals surface area contributed by atoms with Crippen LogP contribution in [0.3, 0.4) is 0 Å². The topological polar surface area (TPSA) is 70.1 Å². The lowest BCUT2D eigenvalue weighted by atomic mass is 10.0. The number of halogens is 3. The average Bonchev–Trinajstić information content (AvgIpc) is 2.92. The molecule has 1 aliphatic heterocycles. The molecule has 0 radical (unpaired) electrons. The number of hydrogen-bond acceptors (Lipinski definition) is 3. The van der Waals surface area contributed by atoms with Crippen LogP contribution in [0.2, 0.25) is 0 Å². The quantitative estimate of drug-likeness (QED) is 0.859. The lowest BCUT2D eigenvalue weighted by Crippen LogP contribution is -2.46. The van der Waals surface area contributed by atoms with Crippen molar-refractivity contribution < 1.29 is 18.0 Å². The molecule has 1 fully saturated rings. The standard InChI is InChI=1S/C14H14F3N3O/c15-10-6-12(17)11(16)4-8(10)5-13(19)14(21)20-3-1-2-9(20)7-18/h4,6,9,13H,1-3,5,19H2/t9-,13-/m0/s1. The summed E-state index contributed by atoms with van der Waals surface area (Å²) in [6, 6.07) is 1.50. The van der Waals surface area contributed by atoms with Gasteiger partial charge in [-0.1, -0.05) is 0 Å². The molecule has 1 aromatic rings. The number of likely N-dealkylation sites (tertiary alicyclic amines) is 1. The lowest BCUT2D eigenvalue weighted by molar-refractivity contribution is -0.132. The van der Waals surface area contributed by atoms with Crippen molar-refractivity contribution in [3.05, 3.63) is 35.1 Å². The van der Waals surface area contributed by atoms with Crippen molar-refractivity contribution in [2.24, 2.45) is 5.73 Å². The third kappa shape index (κ3) is 3.16. The summed E-state index contributed by atoms with van der Waals surface area (Å²) in [7, 11) is 0. The highest BCUT2D eigenvalue weighted by molar-refractivity contribution is 5.82.